The van der Waals surface area contributed by atoms with Gasteiger partial charge in [0.15, 0.2) is 5.11 Å². The second-order valence-corrected chi connectivity index (χ2v) is 6.81. The lowest BCUT2D eigenvalue weighted by molar-refractivity contribution is -0.0498. The van der Waals surface area contributed by atoms with Crippen molar-refractivity contribution in [3.63, 3.8) is 0 Å². The predicted molar refractivity (Wildman–Crippen MR) is 117 cm³/mol. The van der Waals surface area contributed by atoms with Gasteiger partial charge >= 0.3 is 6.61 Å². The molecule has 3 nitrogen and oxygen atoms in total. The van der Waals surface area contributed by atoms with E-state index >= 15 is 0 Å². The highest BCUT2D eigenvalue weighted by atomic mass is 32.1. The second kappa shape index (κ2) is 9.98. The summed E-state index contributed by atoms with van der Waals surface area (Å²) in [4.78, 5) is 0. The number of nitrogens with one attached hydrogen (secondary N) is 2. The van der Waals surface area contributed by atoms with Crippen LogP contribution < -0.4 is 15.4 Å². The predicted octanol–water partition coefficient (Wildman–Crippen LogP) is 5.93. The zero-order valence-electron chi connectivity index (χ0n) is 15.9. The number of ether oxygens (including phenoxy) is 1. The minimum Gasteiger partial charge on any atom is -0.435 e. The van der Waals surface area contributed by atoms with E-state index in [9.17, 15) is 8.78 Å². The van der Waals surface area contributed by atoms with Gasteiger partial charge in [-0.2, -0.15) is 8.78 Å². The molecule has 0 saturated carbocycles. The Labute approximate surface area is 174 Å². The molecule has 0 radical (unpaired) electrons. The molecule has 150 valence electrons. The number of aryl methyl sites for hydroxylation is 1. The van der Waals surface area contributed by atoms with Crippen LogP contribution in [0.5, 0.6) is 5.75 Å². The first-order valence-electron chi connectivity index (χ1n) is 9.32. The molecule has 0 aromatic heterocycles. The summed E-state index contributed by atoms with van der Waals surface area (Å²) in [5, 5.41) is 7.09. The largest absolute Gasteiger partial charge is 0.435 e. The van der Waals surface area contributed by atoms with Gasteiger partial charge in [-0.25, -0.2) is 0 Å². The maximum atomic E-state index is 12.4. The number of alkyl halides is 2. The van der Waals surface area contributed by atoms with E-state index in [1.807, 2.05) is 48.5 Å². The van der Waals surface area contributed by atoms with Gasteiger partial charge in [0, 0.05) is 5.69 Å². The lowest BCUT2D eigenvalue weighted by atomic mass is 9.99. The van der Waals surface area contributed by atoms with E-state index in [4.69, 9.17) is 12.2 Å². The van der Waals surface area contributed by atoms with Crippen molar-refractivity contribution in [1.82, 2.24) is 5.32 Å². The van der Waals surface area contributed by atoms with Crippen molar-refractivity contribution in [1.29, 1.82) is 0 Å². The van der Waals surface area contributed by atoms with Gasteiger partial charge in [0.2, 0.25) is 0 Å². The van der Waals surface area contributed by atoms with Crippen molar-refractivity contribution in [2.24, 2.45) is 0 Å². The van der Waals surface area contributed by atoms with Crippen LogP contribution in [0.25, 0.3) is 0 Å². The summed E-state index contributed by atoms with van der Waals surface area (Å²) in [5.41, 5.74) is 4.01. The van der Waals surface area contributed by atoms with Crippen molar-refractivity contribution in [3.8, 4) is 5.75 Å². The quantitative estimate of drug-likeness (QED) is 0.472. The summed E-state index contributed by atoms with van der Waals surface area (Å²) in [5.74, 6) is 0.119. The average Bonchev–Trinajstić information content (AvgIpc) is 2.73. The van der Waals surface area contributed by atoms with Gasteiger partial charge in [0.1, 0.15) is 5.75 Å². The topological polar surface area (TPSA) is 33.3 Å². The lowest BCUT2D eigenvalue weighted by Crippen LogP contribution is -2.33. The molecular formula is C23H22F2N2OS. The molecule has 2 N–H and O–H groups in total. The maximum absolute atomic E-state index is 12.4. The highest BCUT2D eigenvalue weighted by Crippen LogP contribution is 2.25. The molecule has 6 heteroatoms. The maximum Gasteiger partial charge on any atom is 0.387 e. The monoisotopic (exact) mass is 412 g/mol. The summed E-state index contributed by atoms with van der Waals surface area (Å²) in [6, 6.07) is 24.1. The molecule has 3 rings (SSSR count). The first-order valence-corrected chi connectivity index (χ1v) is 9.72. The van der Waals surface area contributed by atoms with Crippen LogP contribution in [0.3, 0.4) is 0 Å². The lowest BCUT2D eigenvalue weighted by Gasteiger charge is -2.23. The van der Waals surface area contributed by atoms with E-state index in [-0.39, 0.29) is 11.8 Å². The van der Waals surface area contributed by atoms with Crippen molar-refractivity contribution >= 4 is 23.0 Å². The van der Waals surface area contributed by atoms with Crippen LogP contribution >= 0.6 is 12.2 Å². The Bertz CT molecular complexity index is 933. The molecule has 0 bridgehead atoms. The Balaban J connectivity index is 1.82. The minimum atomic E-state index is -2.85. The van der Waals surface area contributed by atoms with Crippen LogP contribution in [0.1, 0.15) is 29.7 Å². The molecule has 0 aliphatic carbocycles. The highest BCUT2D eigenvalue weighted by molar-refractivity contribution is 7.80. The van der Waals surface area contributed by atoms with Crippen molar-refractivity contribution in [2.45, 2.75) is 26.0 Å². The number of hydrogen-bond acceptors (Lipinski definition) is 2. The average molecular weight is 413 g/mol. The number of para-hydroxylation sites is 1. The molecule has 0 amide bonds. The van der Waals surface area contributed by atoms with Crippen LogP contribution in [0.2, 0.25) is 0 Å². The van der Waals surface area contributed by atoms with Gasteiger partial charge < -0.3 is 15.4 Å². The normalized spacial score (nSPS) is 11.7. The Kier molecular flexibility index (Phi) is 7.14. The minimum absolute atomic E-state index is 0.119. The Hall–Kier alpha value is -2.99. The third-order valence-electron chi connectivity index (χ3n) is 4.49. The first kappa shape index (κ1) is 20.7. The molecule has 0 saturated heterocycles. The molecule has 0 fully saturated rings. The zero-order chi connectivity index (χ0) is 20.6. The number of halogens is 2. The number of thiocarbonyl (C=S) groups is 1. The van der Waals surface area contributed by atoms with Crippen molar-refractivity contribution < 1.29 is 13.5 Å². The molecule has 0 aliphatic rings. The molecule has 0 heterocycles. The Morgan fingerprint density at radius 1 is 0.897 bits per heavy atom. The summed E-state index contributed by atoms with van der Waals surface area (Å²) in [6.07, 6.45) is 0.888. The van der Waals surface area contributed by atoms with E-state index in [1.165, 1.54) is 17.7 Å². The fourth-order valence-electron chi connectivity index (χ4n) is 3.09. The third-order valence-corrected chi connectivity index (χ3v) is 4.71. The number of anilines is 1. The van der Waals surface area contributed by atoms with E-state index in [0.717, 1.165) is 23.2 Å². The smallest absolute Gasteiger partial charge is 0.387 e. The summed E-state index contributed by atoms with van der Waals surface area (Å²) in [7, 11) is 0. The number of hydrogen-bond donors (Lipinski definition) is 2. The van der Waals surface area contributed by atoms with Crippen molar-refractivity contribution in [3.05, 3.63) is 95.6 Å². The fourth-order valence-corrected chi connectivity index (χ4v) is 3.31. The first-order chi connectivity index (χ1) is 14.1. The van der Waals surface area contributed by atoms with Gasteiger partial charge in [0.25, 0.3) is 0 Å². The summed E-state index contributed by atoms with van der Waals surface area (Å²) < 4.78 is 29.3. The van der Waals surface area contributed by atoms with Gasteiger partial charge in [-0.05, 0) is 53.5 Å². The molecule has 29 heavy (non-hydrogen) atoms. The van der Waals surface area contributed by atoms with Crippen LogP contribution in [-0.2, 0) is 6.42 Å². The SMILES string of the molecule is CCc1ccccc1NC(=S)N[C@H](c1ccccc1)c1ccc(OC(F)F)cc1. The molecule has 3 aromatic rings. The van der Waals surface area contributed by atoms with Crippen LogP contribution in [-0.4, -0.2) is 11.7 Å². The fraction of sp³-hybridized carbons (Fsp3) is 0.174. The third kappa shape index (κ3) is 5.74. The van der Waals surface area contributed by atoms with Gasteiger partial charge in [-0.15, -0.1) is 0 Å². The Morgan fingerprint density at radius 3 is 2.17 bits per heavy atom. The van der Waals surface area contributed by atoms with Crippen molar-refractivity contribution in [2.75, 3.05) is 5.32 Å². The molecule has 0 aliphatic heterocycles. The second-order valence-electron chi connectivity index (χ2n) is 6.40. The van der Waals surface area contributed by atoms with E-state index in [2.05, 4.69) is 28.4 Å². The molecule has 0 unspecified atom stereocenters. The van der Waals surface area contributed by atoms with Gasteiger partial charge in [-0.1, -0.05) is 67.6 Å². The van der Waals surface area contributed by atoms with Gasteiger partial charge in [0.05, 0.1) is 6.04 Å². The van der Waals surface area contributed by atoms with Gasteiger partial charge in [-0.3, -0.25) is 0 Å². The number of benzene rings is 3. The van der Waals surface area contributed by atoms with E-state index in [1.54, 1.807) is 12.1 Å². The number of rotatable bonds is 7. The molecule has 3 aromatic carbocycles. The molecule has 1 atom stereocenters. The Morgan fingerprint density at radius 2 is 1.52 bits per heavy atom. The van der Waals surface area contributed by atoms with E-state index < -0.39 is 6.61 Å². The van der Waals surface area contributed by atoms with E-state index in [0.29, 0.717) is 5.11 Å². The zero-order valence-corrected chi connectivity index (χ0v) is 16.8. The molecule has 0 spiro atoms. The highest BCUT2D eigenvalue weighted by Gasteiger charge is 2.16. The molecular weight excluding hydrogens is 390 g/mol. The van der Waals surface area contributed by atoms with Crippen LogP contribution in [0.15, 0.2) is 78.9 Å². The summed E-state index contributed by atoms with van der Waals surface area (Å²) >= 11 is 5.56. The standard InChI is InChI=1S/C23H22F2N2OS/c1-2-16-8-6-7-11-20(16)26-23(29)27-21(17-9-4-3-5-10-17)18-12-14-19(15-13-18)28-22(24)25/h3-15,21-22H,2H2,1H3,(H2,26,27,29)/t21-/m1/s1. The van der Waals surface area contributed by atoms with Crippen LogP contribution in [0.4, 0.5) is 14.5 Å². The van der Waals surface area contributed by atoms with Crippen LogP contribution in [0, 0.1) is 0 Å². The summed E-state index contributed by atoms with van der Waals surface area (Å²) in [6.45, 7) is -0.758.